The summed E-state index contributed by atoms with van der Waals surface area (Å²) in [5.41, 5.74) is 11.9. The number of urea groups is 1. The van der Waals surface area contributed by atoms with Crippen LogP contribution in [0.2, 0.25) is 0 Å². The van der Waals surface area contributed by atoms with Crippen LogP contribution in [-0.2, 0) is 6.54 Å². The summed E-state index contributed by atoms with van der Waals surface area (Å²) in [6, 6.07) is 17.0. The molecule has 2 amide bonds. The van der Waals surface area contributed by atoms with Crippen molar-refractivity contribution in [2.45, 2.75) is 39.7 Å². The first-order chi connectivity index (χ1) is 15.8. The Labute approximate surface area is 198 Å². The number of anilines is 1. The number of hydrogen-bond donors (Lipinski definition) is 4. The predicted molar refractivity (Wildman–Crippen MR) is 136 cm³/mol. The Morgan fingerprint density at radius 3 is 2.73 bits per heavy atom. The van der Waals surface area contributed by atoms with E-state index in [1.807, 2.05) is 60.0 Å². The van der Waals surface area contributed by atoms with Crippen LogP contribution < -0.4 is 16.4 Å². The molecule has 33 heavy (non-hydrogen) atoms. The molecule has 1 aromatic heterocycles. The van der Waals surface area contributed by atoms with Crippen LogP contribution in [0.25, 0.3) is 10.6 Å². The zero-order chi connectivity index (χ0) is 23.4. The van der Waals surface area contributed by atoms with Gasteiger partial charge in [-0.25, -0.2) is 9.78 Å². The molecule has 0 spiro atoms. The van der Waals surface area contributed by atoms with E-state index < -0.39 is 0 Å². The normalized spacial score (nSPS) is 15.2. The van der Waals surface area contributed by atoms with E-state index in [-0.39, 0.29) is 11.4 Å². The van der Waals surface area contributed by atoms with E-state index in [1.165, 1.54) is 0 Å². The number of aromatic nitrogens is 1. The standard InChI is InChI=1S/C26H29N5OS/c1-26(2)12-11-21(22(27)14-26)23(28)18-9-6-10-19(13-18)31-25(32)29-15-20-16-33-24(30-20)17-7-4-3-5-8-17/h3-10,13,16,28H,11-12,14-15,27H2,1-2H3,(H2,29,31,32). The first-order valence-electron chi connectivity index (χ1n) is 11.0. The maximum absolute atomic E-state index is 12.4. The van der Waals surface area contributed by atoms with Crippen LogP contribution in [0.15, 0.2) is 71.2 Å². The monoisotopic (exact) mass is 459 g/mol. The SMILES string of the molecule is CC1(C)CCC(C(=N)c2cccc(NC(=O)NCc3csc(-c4ccccc4)n3)c2)=C(N)C1. The molecule has 1 aliphatic carbocycles. The van der Waals surface area contributed by atoms with Gasteiger partial charge in [0.2, 0.25) is 0 Å². The predicted octanol–water partition coefficient (Wildman–Crippen LogP) is 5.92. The summed E-state index contributed by atoms with van der Waals surface area (Å²) in [6.07, 6.45) is 2.61. The van der Waals surface area contributed by atoms with Crippen molar-refractivity contribution in [2.75, 3.05) is 5.32 Å². The highest BCUT2D eigenvalue weighted by molar-refractivity contribution is 7.13. The Morgan fingerprint density at radius 2 is 1.97 bits per heavy atom. The first-order valence-corrected chi connectivity index (χ1v) is 11.9. The molecule has 0 unspecified atom stereocenters. The van der Waals surface area contributed by atoms with Crippen LogP contribution in [0.3, 0.4) is 0 Å². The molecular weight excluding hydrogens is 430 g/mol. The van der Waals surface area contributed by atoms with Gasteiger partial charge in [0.15, 0.2) is 0 Å². The largest absolute Gasteiger partial charge is 0.402 e. The molecular formula is C26H29N5OS. The minimum atomic E-state index is -0.314. The maximum atomic E-state index is 12.4. The zero-order valence-electron chi connectivity index (χ0n) is 18.9. The number of allylic oxidation sites excluding steroid dienone is 2. The summed E-state index contributed by atoms with van der Waals surface area (Å²) in [7, 11) is 0. The van der Waals surface area contributed by atoms with Gasteiger partial charge < -0.3 is 16.4 Å². The van der Waals surface area contributed by atoms with Crippen molar-refractivity contribution < 1.29 is 4.79 Å². The maximum Gasteiger partial charge on any atom is 0.319 e. The molecule has 2 aromatic carbocycles. The summed E-state index contributed by atoms with van der Waals surface area (Å²) in [5, 5.41) is 17.2. The van der Waals surface area contributed by atoms with Crippen molar-refractivity contribution in [1.82, 2.24) is 10.3 Å². The molecule has 0 bridgehead atoms. The summed E-state index contributed by atoms with van der Waals surface area (Å²) in [4.78, 5) is 17.0. The Hall–Kier alpha value is -3.45. The molecule has 0 saturated heterocycles. The van der Waals surface area contributed by atoms with Crippen LogP contribution in [0.5, 0.6) is 0 Å². The van der Waals surface area contributed by atoms with Gasteiger partial charge >= 0.3 is 6.03 Å². The van der Waals surface area contributed by atoms with E-state index in [9.17, 15) is 4.79 Å². The lowest BCUT2D eigenvalue weighted by atomic mass is 9.75. The van der Waals surface area contributed by atoms with E-state index in [0.29, 0.717) is 17.9 Å². The van der Waals surface area contributed by atoms with Crippen molar-refractivity contribution in [2.24, 2.45) is 11.1 Å². The quantitative estimate of drug-likeness (QED) is 0.344. The number of hydrogen-bond acceptors (Lipinski definition) is 5. The van der Waals surface area contributed by atoms with E-state index >= 15 is 0 Å². The van der Waals surface area contributed by atoms with Gasteiger partial charge in [-0.15, -0.1) is 11.3 Å². The van der Waals surface area contributed by atoms with Gasteiger partial charge in [0.1, 0.15) is 5.01 Å². The van der Waals surface area contributed by atoms with Gasteiger partial charge in [0.05, 0.1) is 18.0 Å². The molecule has 6 nitrogen and oxygen atoms in total. The van der Waals surface area contributed by atoms with Crippen LogP contribution in [-0.4, -0.2) is 16.7 Å². The molecule has 170 valence electrons. The molecule has 3 aromatic rings. The number of carbonyl (C=O) groups is 1. The fourth-order valence-electron chi connectivity index (χ4n) is 3.99. The molecule has 0 radical (unpaired) electrons. The third kappa shape index (κ3) is 5.68. The number of nitrogens with one attached hydrogen (secondary N) is 3. The third-order valence-corrected chi connectivity index (χ3v) is 6.76. The highest BCUT2D eigenvalue weighted by Gasteiger charge is 2.27. The highest BCUT2D eigenvalue weighted by Crippen LogP contribution is 2.37. The molecule has 0 fully saturated rings. The van der Waals surface area contributed by atoms with E-state index in [2.05, 4.69) is 29.5 Å². The molecule has 1 aliphatic rings. The Balaban J connectivity index is 1.36. The van der Waals surface area contributed by atoms with E-state index in [4.69, 9.17) is 11.1 Å². The molecule has 1 heterocycles. The van der Waals surface area contributed by atoms with Gasteiger partial charge in [0.25, 0.3) is 0 Å². The Morgan fingerprint density at radius 1 is 1.18 bits per heavy atom. The second-order valence-electron chi connectivity index (χ2n) is 9.12. The minimum Gasteiger partial charge on any atom is -0.402 e. The minimum absolute atomic E-state index is 0.175. The van der Waals surface area contributed by atoms with E-state index in [1.54, 1.807) is 11.3 Å². The fourth-order valence-corrected chi connectivity index (χ4v) is 4.82. The van der Waals surface area contributed by atoms with Gasteiger partial charge in [-0.2, -0.15) is 0 Å². The van der Waals surface area contributed by atoms with Gasteiger partial charge in [0, 0.05) is 27.9 Å². The lowest BCUT2D eigenvalue weighted by molar-refractivity contribution is 0.251. The Kier molecular flexibility index (Phi) is 6.60. The Bertz CT molecular complexity index is 1200. The van der Waals surface area contributed by atoms with Crippen molar-refractivity contribution in [3.63, 3.8) is 0 Å². The second kappa shape index (κ2) is 9.58. The number of nitrogens with two attached hydrogens (primary N) is 1. The molecule has 7 heteroatoms. The van der Waals surface area contributed by atoms with Gasteiger partial charge in [-0.05, 0) is 42.4 Å². The lowest BCUT2D eigenvalue weighted by Crippen LogP contribution is -2.28. The highest BCUT2D eigenvalue weighted by atomic mass is 32.1. The molecule has 0 saturated carbocycles. The van der Waals surface area contributed by atoms with Crippen LogP contribution >= 0.6 is 11.3 Å². The summed E-state index contributed by atoms with van der Waals surface area (Å²) in [5.74, 6) is 0. The average molecular weight is 460 g/mol. The summed E-state index contributed by atoms with van der Waals surface area (Å²) >= 11 is 1.56. The zero-order valence-corrected chi connectivity index (χ0v) is 19.8. The molecule has 4 rings (SSSR count). The molecule has 0 aliphatic heterocycles. The summed E-state index contributed by atoms with van der Waals surface area (Å²) < 4.78 is 0. The molecule has 5 N–H and O–H groups in total. The topological polar surface area (TPSA) is 104 Å². The first kappa shape index (κ1) is 22.7. The van der Waals surface area contributed by atoms with Crippen molar-refractivity contribution in [3.8, 4) is 10.6 Å². The van der Waals surface area contributed by atoms with Gasteiger partial charge in [-0.3, -0.25) is 5.41 Å². The van der Waals surface area contributed by atoms with Crippen molar-refractivity contribution in [3.05, 3.63) is 82.5 Å². The third-order valence-electron chi connectivity index (χ3n) is 5.82. The smallest absolute Gasteiger partial charge is 0.319 e. The second-order valence-corrected chi connectivity index (χ2v) is 9.98. The van der Waals surface area contributed by atoms with Crippen molar-refractivity contribution >= 4 is 28.8 Å². The van der Waals surface area contributed by atoms with E-state index in [0.717, 1.165) is 52.4 Å². The fraction of sp³-hybridized carbons (Fsp3) is 0.269. The number of rotatable bonds is 6. The summed E-state index contributed by atoms with van der Waals surface area (Å²) in [6.45, 7) is 4.75. The number of carbonyl (C=O) groups excluding carboxylic acids is 1. The van der Waals surface area contributed by atoms with Gasteiger partial charge in [-0.1, -0.05) is 56.3 Å². The average Bonchev–Trinajstić information content (AvgIpc) is 3.27. The van der Waals surface area contributed by atoms with Crippen molar-refractivity contribution in [1.29, 1.82) is 5.41 Å². The lowest BCUT2D eigenvalue weighted by Gasteiger charge is -2.31. The number of thiazole rings is 1. The van der Waals surface area contributed by atoms with Crippen LogP contribution in [0.1, 0.15) is 44.4 Å². The number of amides is 2. The van der Waals surface area contributed by atoms with Crippen LogP contribution in [0, 0.1) is 10.8 Å². The number of nitrogens with zero attached hydrogens (tertiary/aromatic N) is 1. The molecule has 0 atom stereocenters. The number of benzene rings is 2. The van der Waals surface area contributed by atoms with Crippen LogP contribution in [0.4, 0.5) is 10.5 Å².